The molecule has 6 nitrogen and oxygen atoms in total. The lowest BCUT2D eigenvalue weighted by Gasteiger charge is -2.06. The molecule has 0 saturated heterocycles. The first-order valence-corrected chi connectivity index (χ1v) is 7.00. The molecule has 0 aliphatic rings. The molecule has 1 aromatic heterocycles. The Labute approximate surface area is 111 Å². The van der Waals surface area contributed by atoms with Crippen molar-refractivity contribution in [2.24, 2.45) is 5.14 Å². The van der Waals surface area contributed by atoms with E-state index in [2.05, 4.69) is 10.3 Å². The number of aromatic nitrogens is 1. The molecule has 0 bridgehead atoms. The molecule has 0 saturated carbocycles. The van der Waals surface area contributed by atoms with Gasteiger partial charge in [0.25, 0.3) is 0 Å². The molecule has 0 spiro atoms. The standard InChI is InChI=1S/C12H13N3O3S/c13-19(17,18)12-5-2-9(3-6-12)14-7-10-1-4-11(16)8-15-10/h1-6,8,14,16H,7H2,(H2,13,17,18). The van der Waals surface area contributed by atoms with Gasteiger partial charge in [-0.15, -0.1) is 0 Å². The summed E-state index contributed by atoms with van der Waals surface area (Å²) in [7, 11) is -3.66. The van der Waals surface area contributed by atoms with Crippen LogP contribution in [-0.2, 0) is 16.6 Å². The molecule has 4 N–H and O–H groups in total. The van der Waals surface area contributed by atoms with Gasteiger partial charge in [0.15, 0.2) is 0 Å². The molecule has 0 unspecified atom stereocenters. The fourth-order valence-corrected chi connectivity index (χ4v) is 1.99. The van der Waals surface area contributed by atoms with Crippen LogP contribution in [0.15, 0.2) is 47.5 Å². The number of primary sulfonamides is 1. The molecule has 1 heterocycles. The maximum absolute atomic E-state index is 11.1. The minimum atomic E-state index is -3.66. The first kappa shape index (κ1) is 13.3. The van der Waals surface area contributed by atoms with Crippen LogP contribution < -0.4 is 10.5 Å². The highest BCUT2D eigenvalue weighted by Crippen LogP contribution is 2.14. The number of nitrogens with one attached hydrogen (secondary N) is 1. The molecular formula is C12H13N3O3S. The fraction of sp³-hybridized carbons (Fsp3) is 0.0833. The number of rotatable bonds is 4. The van der Waals surface area contributed by atoms with Gasteiger partial charge in [0.1, 0.15) is 5.75 Å². The average molecular weight is 279 g/mol. The lowest BCUT2D eigenvalue weighted by molar-refractivity contribution is 0.472. The summed E-state index contributed by atoms with van der Waals surface area (Å²) in [4.78, 5) is 4.09. The number of aromatic hydroxyl groups is 1. The molecule has 1 aromatic carbocycles. The highest BCUT2D eigenvalue weighted by molar-refractivity contribution is 7.89. The molecule has 19 heavy (non-hydrogen) atoms. The largest absolute Gasteiger partial charge is 0.506 e. The zero-order valence-electron chi connectivity index (χ0n) is 9.95. The van der Waals surface area contributed by atoms with Gasteiger partial charge in [-0.25, -0.2) is 13.6 Å². The van der Waals surface area contributed by atoms with Gasteiger partial charge in [0.05, 0.1) is 23.3 Å². The number of nitrogens with zero attached hydrogens (tertiary/aromatic N) is 1. The smallest absolute Gasteiger partial charge is 0.238 e. The van der Waals surface area contributed by atoms with E-state index in [1.54, 1.807) is 24.3 Å². The Morgan fingerprint density at radius 2 is 1.84 bits per heavy atom. The summed E-state index contributed by atoms with van der Waals surface area (Å²) >= 11 is 0. The Bertz CT molecular complexity index is 652. The van der Waals surface area contributed by atoms with Gasteiger partial charge >= 0.3 is 0 Å². The van der Waals surface area contributed by atoms with Crippen LogP contribution in [0.3, 0.4) is 0 Å². The van der Waals surface area contributed by atoms with Crippen molar-refractivity contribution in [2.75, 3.05) is 5.32 Å². The Morgan fingerprint density at radius 3 is 2.37 bits per heavy atom. The van der Waals surface area contributed by atoms with Crippen molar-refractivity contribution in [3.8, 4) is 5.75 Å². The van der Waals surface area contributed by atoms with Gasteiger partial charge in [-0.3, -0.25) is 4.98 Å². The second-order valence-electron chi connectivity index (χ2n) is 3.93. The van der Waals surface area contributed by atoms with Gasteiger partial charge in [-0.05, 0) is 36.4 Å². The summed E-state index contributed by atoms with van der Waals surface area (Å²) < 4.78 is 22.2. The monoisotopic (exact) mass is 279 g/mol. The molecule has 100 valence electrons. The Balaban J connectivity index is 2.02. The van der Waals surface area contributed by atoms with E-state index in [4.69, 9.17) is 10.2 Å². The average Bonchev–Trinajstić information content (AvgIpc) is 2.37. The molecule has 2 rings (SSSR count). The number of benzene rings is 1. The molecule has 0 aliphatic heterocycles. The Morgan fingerprint density at radius 1 is 1.16 bits per heavy atom. The maximum atomic E-state index is 11.1. The fourth-order valence-electron chi connectivity index (χ4n) is 1.48. The van der Waals surface area contributed by atoms with Crippen LogP contribution >= 0.6 is 0 Å². The molecule has 7 heteroatoms. The lowest BCUT2D eigenvalue weighted by Crippen LogP contribution is -2.12. The second-order valence-corrected chi connectivity index (χ2v) is 5.49. The number of anilines is 1. The van der Waals surface area contributed by atoms with E-state index < -0.39 is 10.0 Å². The SMILES string of the molecule is NS(=O)(=O)c1ccc(NCc2ccc(O)cn2)cc1. The first-order chi connectivity index (χ1) is 8.95. The topological polar surface area (TPSA) is 105 Å². The third-order valence-electron chi connectivity index (χ3n) is 2.47. The quantitative estimate of drug-likeness (QED) is 0.775. The van der Waals surface area contributed by atoms with E-state index in [0.717, 1.165) is 11.4 Å². The van der Waals surface area contributed by atoms with Crippen LogP contribution in [0.4, 0.5) is 5.69 Å². The molecule has 0 amide bonds. The van der Waals surface area contributed by atoms with Crippen LogP contribution in [0.1, 0.15) is 5.69 Å². The minimum absolute atomic E-state index is 0.0702. The number of pyridine rings is 1. The molecular weight excluding hydrogens is 266 g/mol. The van der Waals surface area contributed by atoms with Crippen molar-refractivity contribution in [3.05, 3.63) is 48.3 Å². The summed E-state index contributed by atoms with van der Waals surface area (Å²) in [5.41, 5.74) is 1.51. The number of hydrogen-bond acceptors (Lipinski definition) is 5. The van der Waals surface area contributed by atoms with Crippen molar-refractivity contribution in [1.82, 2.24) is 4.98 Å². The van der Waals surface area contributed by atoms with E-state index in [1.165, 1.54) is 18.3 Å². The normalized spacial score (nSPS) is 11.2. The van der Waals surface area contributed by atoms with Crippen molar-refractivity contribution in [2.45, 2.75) is 11.4 Å². The van der Waals surface area contributed by atoms with E-state index in [9.17, 15) is 8.42 Å². The van der Waals surface area contributed by atoms with Gasteiger partial charge in [0, 0.05) is 5.69 Å². The zero-order valence-corrected chi connectivity index (χ0v) is 10.8. The third-order valence-corrected chi connectivity index (χ3v) is 3.39. The molecule has 2 aromatic rings. The van der Waals surface area contributed by atoms with Crippen LogP contribution in [-0.4, -0.2) is 18.5 Å². The highest BCUT2D eigenvalue weighted by Gasteiger charge is 2.06. The van der Waals surface area contributed by atoms with Crippen LogP contribution in [0.25, 0.3) is 0 Å². The minimum Gasteiger partial charge on any atom is -0.506 e. The van der Waals surface area contributed by atoms with Gasteiger partial charge in [0.2, 0.25) is 10.0 Å². The van der Waals surface area contributed by atoms with Crippen molar-refractivity contribution >= 4 is 15.7 Å². The molecule has 0 fully saturated rings. The van der Waals surface area contributed by atoms with Crippen molar-refractivity contribution < 1.29 is 13.5 Å². The molecule has 0 radical (unpaired) electrons. The molecule has 0 aliphatic carbocycles. The van der Waals surface area contributed by atoms with Crippen LogP contribution in [0.2, 0.25) is 0 Å². The number of sulfonamides is 1. The number of nitrogens with two attached hydrogens (primary N) is 1. The van der Waals surface area contributed by atoms with E-state index in [1.807, 2.05) is 0 Å². The highest BCUT2D eigenvalue weighted by atomic mass is 32.2. The van der Waals surface area contributed by atoms with E-state index in [-0.39, 0.29) is 10.6 Å². The van der Waals surface area contributed by atoms with Crippen molar-refractivity contribution in [3.63, 3.8) is 0 Å². The Kier molecular flexibility index (Phi) is 3.68. The predicted molar refractivity (Wildman–Crippen MR) is 71.0 cm³/mol. The summed E-state index contributed by atoms with van der Waals surface area (Å²) in [6.07, 6.45) is 1.36. The van der Waals surface area contributed by atoms with E-state index >= 15 is 0 Å². The summed E-state index contributed by atoms with van der Waals surface area (Å²) in [6.45, 7) is 0.467. The number of hydrogen-bond donors (Lipinski definition) is 3. The van der Waals surface area contributed by atoms with Gasteiger partial charge in [-0.2, -0.15) is 0 Å². The summed E-state index contributed by atoms with van der Waals surface area (Å²) in [5, 5.41) is 17.2. The summed E-state index contributed by atoms with van der Waals surface area (Å²) in [6, 6.07) is 9.36. The predicted octanol–water partition coefficient (Wildman–Crippen LogP) is 1.05. The van der Waals surface area contributed by atoms with Crippen LogP contribution in [0, 0.1) is 0 Å². The lowest BCUT2D eigenvalue weighted by atomic mass is 10.3. The van der Waals surface area contributed by atoms with Crippen LogP contribution in [0.5, 0.6) is 5.75 Å². The maximum Gasteiger partial charge on any atom is 0.238 e. The van der Waals surface area contributed by atoms with E-state index in [0.29, 0.717) is 6.54 Å². The van der Waals surface area contributed by atoms with Crippen molar-refractivity contribution in [1.29, 1.82) is 0 Å². The first-order valence-electron chi connectivity index (χ1n) is 5.46. The van der Waals surface area contributed by atoms with Gasteiger partial charge < -0.3 is 10.4 Å². The third kappa shape index (κ3) is 3.67. The summed E-state index contributed by atoms with van der Waals surface area (Å²) in [5.74, 6) is 0.112. The second kappa shape index (κ2) is 5.25. The zero-order chi connectivity index (χ0) is 13.9. The Hall–Kier alpha value is -2.12. The van der Waals surface area contributed by atoms with Gasteiger partial charge in [-0.1, -0.05) is 0 Å². The molecule has 0 atom stereocenters.